The second kappa shape index (κ2) is 10.9. The van der Waals surface area contributed by atoms with Crippen molar-refractivity contribution in [3.8, 4) is 28.1 Å². The summed E-state index contributed by atoms with van der Waals surface area (Å²) in [6, 6.07) is 17.7. The Hall–Kier alpha value is -3.15. The molecule has 0 radical (unpaired) electrons. The summed E-state index contributed by atoms with van der Waals surface area (Å²) in [5, 5.41) is 9.08. The van der Waals surface area contributed by atoms with Crippen molar-refractivity contribution in [2.24, 2.45) is 0 Å². The number of rotatable bonds is 6. The molecule has 7 heteroatoms. The highest BCUT2D eigenvalue weighted by Gasteiger charge is 2.26. The smallest absolute Gasteiger partial charge is 0.272 e. The molecule has 1 aliphatic rings. The van der Waals surface area contributed by atoms with E-state index >= 15 is 0 Å². The fourth-order valence-electron chi connectivity index (χ4n) is 4.95. The first-order chi connectivity index (χ1) is 17.5. The van der Waals surface area contributed by atoms with E-state index in [1.54, 1.807) is 23.0 Å². The topological polar surface area (TPSA) is 59.8 Å². The van der Waals surface area contributed by atoms with Crippen molar-refractivity contribution in [1.29, 1.82) is 0 Å². The second-order valence-electron chi connectivity index (χ2n) is 9.16. The quantitative estimate of drug-likeness (QED) is 0.286. The zero-order valence-corrected chi connectivity index (χ0v) is 21.7. The number of hydrogen-bond acceptors (Lipinski definition) is 3. The molecule has 1 saturated carbocycles. The Kier molecular flexibility index (Phi) is 7.40. The molecule has 0 unspecified atom stereocenters. The lowest BCUT2D eigenvalue weighted by atomic mass is 9.95. The third-order valence-electron chi connectivity index (χ3n) is 6.78. The lowest BCUT2D eigenvalue weighted by Crippen LogP contribution is -2.36. The molecule has 0 bridgehead atoms. The van der Waals surface area contributed by atoms with Crippen LogP contribution in [0, 0.1) is 0 Å². The predicted molar refractivity (Wildman–Crippen MR) is 146 cm³/mol. The van der Waals surface area contributed by atoms with Gasteiger partial charge in [0, 0.05) is 34.6 Å². The molecule has 2 aromatic carbocycles. The Morgan fingerprint density at radius 3 is 2.42 bits per heavy atom. The number of benzene rings is 2. The Balaban J connectivity index is 1.61. The van der Waals surface area contributed by atoms with Crippen LogP contribution in [0.3, 0.4) is 0 Å². The first kappa shape index (κ1) is 24.5. The van der Waals surface area contributed by atoms with Crippen molar-refractivity contribution < 1.29 is 4.79 Å². The lowest BCUT2D eigenvalue weighted by Gasteiger charge is -2.22. The Morgan fingerprint density at radius 1 is 1.00 bits per heavy atom. The van der Waals surface area contributed by atoms with Crippen molar-refractivity contribution in [3.05, 3.63) is 88.3 Å². The summed E-state index contributed by atoms with van der Waals surface area (Å²) in [4.78, 5) is 17.7. The molecule has 5 nitrogen and oxygen atoms in total. The van der Waals surface area contributed by atoms with E-state index in [1.807, 2.05) is 24.4 Å². The minimum atomic E-state index is -0.129. The average Bonchev–Trinajstić information content (AvgIpc) is 3.29. The number of pyridine rings is 1. The molecular formula is C29H28Cl2N4O. The summed E-state index contributed by atoms with van der Waals surface area (Å²) in [5.41, 5.74) is 5.93. The molecule has 1 amide bonds. The number of hydrogen-bond donors (Lipinski definition) is 1. The van der Waals surface area contributed by atoms with Gasteiger partial charge in [0.2, 0.25) is 0 Å². The monoisotopic (exact) mass is 518 g/mol. The van der Waals surface area contributed by atoms with Gasteiger partial charge in [0.05, 0.1) is 16.4 Å². The zero-order valence-electron chi connectivity index (χ0n) is 20.2. The molecular weight excluding hydrogens is 491 g/mol. The van der Waals surface area contributed by atoms with Crippen LogP contribution in [0.25, 0.3) is 28.1 Å². The van der Waals surface area contributed by atoms with Gasteiger partial charge in [-0.05, 0) is 54.7 Å². The summed E-state index contributed by atoms with van der Waals surface area (Å²) in [7, 11) is 0. The Labute approximate surface area is 221 Å². The van der Waals surface area contributed by atoms with Gasteiger partial charge in [0.15, 0.2) is 5.69 Å². The lowest BCUT2D eigenvalue weighted by molar-refractivity contribution is 0.0921. The average molecular weight is 519 g/mol. The number of amides is 1. The van der Waals surface area contributed by atoms with E-state index in [0.717, 1.165) is 53.6 Å². The maximum atomic E-state index is 13.5. The van der Waals surface area contributed by atoms with E-state index in [4.69, 9.17) is 28.3 Å². The van der Waals surface area contributed by atoms with Crippen LogP contribution in [-0.2, 0) is 6.42 Å². The normalized spacial score (nSPS) is 14.1. The molecule has 36 heavy (non-hydrogen) atoms. The third-order valence-corrected chi connectivity index (χ3v) is 7.32. The summed E-state index contributed by atoms with van der Waals surface area (Å²) >= 11 is 12.8. The van der Waals surface area contributed by atoms with Crippen LogP contribution in [0.4, 0.5) is 0 Å². The van der Waals surface area contributed by atoms with Gasteiger partial charge in [-0.1, -0.05) is 79.7 Å². The van der Waals surface area contributed by atoms with Crippen molar-refractivity contribution in [2.75, 3.05) is 0 Å². The highest BCUT2D eigenvalue weighted by molar-refractivity contribution is 6.35. The summed E-state index contributed by atoms with van der Waals surface area (Å²) in [6.45, 7) is 2.05. The van der Waals surface area contributed by atoms with Gasteiger partial charge in [-0.25, -0.2) is 4.68 Å². The minimum absolute atomic E-state index is 0.129. The van der Waals surface area contributed by atoms with Crippen LogP contribution in [0.2, 0.25) is 10.0 Å². The van der Waals surface area contributed by atoms with Gasteiger partial charge in [-0.15, -0.1) is 0 Å². The van der Waals surface area contributed by atoms with Crippen LogP contribution in [-0.4, -0.2) is 26.7 Å². The molecule has 5 rings (SSSR count). The minimum Gasteiger partial charge on any atom is -0.348 e. The standard InChI is InChI=1S/C29H28Cl2N4O/c1-2-24-27(29(36)33-23-8-4-3-5-9-23)34-35(26-15-14-22(30)17-25(26)31)28(24)20-12-10-19(11-13-20)21-7-6-16-32-18-21/h6-7,10-18,23H,2-5,8-9H2,1H3,(H,33,36). The van der Waals surface area contributed by atoms with Gasteiger partial charge in [-0.3, -0.25) is 9.78 Å². The molecule has 1 aliphatic carbocycles. The number of carbonyl (C=O) groups excluding carboxylic acids is 1. The Bertz CT molecular complexity index is 1360. The van der Waals surface area contributed by atoms with E-state index in [0.29, 0.717) is 27.8 Å². The number of aromatic nitrogens is 3. The van der Waals surface area contributed by atoms with Gasteiger partial charge >= 0.3 is 0 Å². The molecule has 0 aliphatic heterocycles. The Morgan fingerprint density at radius 2 is 1.75 bits per heavy atom. The largest absolute Gasteiger partial charge is 0.348 e. The summed E-state index contributed by atoms with van der Waals surface area (Å²) < 4.78 is 1.78. The number of nitrogens with zero attached hydrogens (tertiary/aromatic N) is 3. The molecule has 4 aromatic rings. The number of halogens is 2. The first-order valence-corrected chi connectivity index (χ1v) is 13.2. The number of carbonyl (C=O) groups is 1. The van der Waals surface area contributed by atoms with Crippen LogP contribution in [0.1, 0.15) is 55.1 Å². The maximum absolute atomic E-state index is 13.5. The molecule has 0 atom stereocenters. The van der Waals surface area contributed by atoms with E-state index in [9.17, 15) is 4.79 Å². The molecule has 1 N–H and O–H groups in total. The van der Waals surface area contributed by atoms with Crippen LogP contribution < -0.4 is 5.32 Å². The van der Waals surface area contributed by atoms with E-state index in [2.05, 4.69) is 41.5 Å². The fraction of sp³-hybridized carbons (Fsp3) is 0.276. The highest BCUT2D eigenvalue weighted by atomic mass is 35.5. The molecule has 1 fully saturated rings. The molecule has 0 saturated heterocycles. The van der Waals surface area contributed by atoms with Crippen molar-refractivity contribution in [2.45, 2.75) is 51.5 Å². The predicted octanol–water partition coefficient (Wildman–Crippen LogP) is 7.53. The third kappa shape index (κ3) is 5.04. The van der Waals surface area contributed by atoms with Gasteiger partial charge in [-0.2, -0.15) is 5.10 Å². The highest BCUT2D eigenvalue weighted by Crippen LogP contribution is 2.34. The fourth-order valence-corrected chi connectivity index (χ4v) is 5.43. The molecule has 2 heterocycles. The van der Waals surface area contributed by atoms with Crippen molar-refractivity contribution >= 4 is 29.1 Å². The van der Waals surface area contributed by atoms with Crippen molar-refractivity contribution in [3.63, 3.8) is 0 Å². The molecule has 184 valence electrons. The van der Waals surface area contributed by atoms with Crippen LogP contribution >= 0.6 is 23.2 Å². The van der Waals surface area contributed by atoms with Crippen LogP contribution in [0.15, 0.2) is 67.0 Å². The SMILES string of the molecule is CCc1c(C(=O)NC2CCCCC2)nn(-c2ccc(Cl)cc2Cl)c1-c1ccc(-c2cccnc2)cc1. The van der Waals surface area contributed by atoms with Gasteiger partial charge in [0.25, 0.3) is 5.91 Å². The second-order valence-corrected chi connectivity index (χ2v) is 10.0. The van der Waals surface area contributed by atoms with Gasteiger partial charge in [0.1, 0.15) is 0 Å². The van der Waals surface area contributed by atoms with Gasteiger partial charge < -0.3 is 5.32 Å². The van der Waals surface area contributed by atoms with E-state index in [1.165, 1.54) is 6.42 Å². The van der Waals surface area contributed by atoms with E-state index in [-0.39, 0.29) is 11.9 Å². The van der Waals surface area contributed by atoms with Crippen LogP contribution in [0.5, 0.6) is 0 Å². The van der Waals surface area contributed by atoms with E-state index < -0.39 is 0 Å². The summed E-state index contributed by atoms with van der Waals surface area (Å²) in [6.07, 6.45) is 9.81. The molecule has 0 spiro atoms. The van der Waals surface area contributed by atoms with Crippen molar-refractivity contribution in [1.82, 2.24) is 20.1 Å². The first-order valence-electron chi connectivity index (χ1n) is 12.4. The molecule has 2 aromatic heterocycles. The zero-order chi connectivity index (χ0) is 25.1. The summed E-state index contributed by atoms with van der Waals surface area (Å²) in [5.74, 6) is -0.129. The number of nitrogens with one attached hydrogen (secondary N) is 1. The maximum Gasteiger partial charge on any atom is 0.272 e.